The summed E-state index contributed by atoms with van der Waals surface area (Å²) in [6.07, 6.45) is 2.20. The Morgan fingerprint density at radius 1 is 1.89 bits per heavy atom. The maximum Gasteiger partial charge on any atom is 0.207 e. The van der Waals surface area contributed by atoms with E-state index in [1.807, 2.05) is 0 Å². The summed E-state index contributed by atoms with van der Waals surface area (Å²) in [5.74, 6) is 0. The predicted octanol–water partition coefficient (Wildman–Crippen LogP) is -0.0666. The molecule has 0 radical (unpaired) electrons. The van der Waals surface area contributed by atoms with E-state index in [9.17, 15) is 4.79 Å². The fourth-order valence-corrected chi connectivity index (χ4v) is 0.427. The molecule has 0 spiro atoms. The molecule has 0 aromatic rings. The van der Waals surface area contributed by atoms with Crippen LogP contribution < -0.4 is 5.32 Å². The van der Waals surface area contributed by atoms with Gasteiger partial charge in [-0.3, -0.25) is 4.79 Å². The molecule has 0 aromatic carbocycles. The van der Waals surface area contributed by atoms with Crippen molar-refractivity contribution in [2.75, 3.05) is 13.7 Å². The molecule has 0 heterocycles. The van der Waals surface area contributed by atoms with Gasteiger partial charge in [0, 0.05) is 13.7 Å². The molecule has 1 amide bonds. The molecule has 0 saturated carbocycles. The Morgan fingerprint density at radius 2 is 2.56 bits per heavy atom. The third-order valence-electron chi connectivity index (χ3n) is 0.968. The molecule has 0 fully saturated rings. The summed E-state index contributed by atoms with van der Waals surface area (Å²) in [6, 6.07) is 0. The zero-order valence-corrected chi connectivity index (χ0v) is 5.46. The maximum atomic E-state index is 9.74. The van der Waals surface area contributed by atoms with Gasteiger partial charge in [0.15, 0.2) is 0 Å². The summed E-state index contributed by atoms with van der Waals surface area (Å²) in [5, 5.41) is 2.47. The molecule has 3 nitrogen and oxygen atoms in total. The maximum absolute atomic E-state index is 9.74. The van der Waals surface area contributed by atoms with Crippen LogP contribution in [0.2, 0.25) is 0 Å². The van der Waals surface area contributed by atoms with Gasteiger partial charge in [0.25, 0.3) is 0 Å². The molecule has 0 saturated heterocycles. The molecule has 0 aliphatic rings. The first-order valence-electron chi connectivity index (χ1n) is 2.67. The number of carbonyl (C=O) groups is 1. The van der Waals surface area contributed by atoms with Gasteiger partial charge in [-0.25, -0.2) is 0 Å². The lowest BCUT2D eigenvalue weighted by atomic mass is 10.3. The van der Waals surface area contributed by atoms with Gasteiger partial charge in [-0.05, 0) is 0 Å². The normalized spacial score (nSPS) is 12.1. The number of rotatable bonds is 5. The molecule has 1 atom stereocenters. The van der Waals surface area contributed by atoms with E-state index in [0.29, 0.717) is 13.0 Å². The molecular weight excluding hydrogens is 118 g/mol. The van der Waals surface area contributed by atoms with Crippen molar-refractivity contribution in [2.45, 2.75) is 6.10 Å². The predicted molar refractivity (Wildman–Crippen MR) is 35.1 cm³/mol. The van der Waals surface area contributed by atoms with Crippen molar-refractivity contribution in [1.82, 2.24) is 5.32 Å². The molecule has 0 bridgehead atoms. The number of nitrogens with one attached hydrogen (secondary N) is 1. The lowest BCUT2D eigenvalue weighted by Crippen LogP contribution is -2.25. The van der Waals surface area contributed by atoms with Crippen molar-refractivity contribution < 1.29 is 9.53 Å². The molecule has 1 N–H and O–H groups in total. The Hall–Kier alpha value is -0.830. The lowest BCUT2D eigenvalue weighted by molar-refractivity contribution is -0.109. The van der Waals surface area contributed by atoms with Crippen molar-refractivity contribution in [3.05, 3.63) is 12.7 Å². The van der Waals surface area contributed by atoms with Gasteiger partial charge < -0.3 is 10.1 Å². The van der Waals surface area contributed by atoms with Crippen molar-refractivity contribution >= 4 is 6.41 Å². The quantitative estimate of drug-likeness (QED) is 0.417. The van der Waals surface area contributed by atoms with Crippen molar-refractivity contribution in [2.24, 2.45) is 0 Å². The van der Waals surface area contributed by atoms with Gasteiger partial charge in [-0.2, -0.15) is 0 Å². The summed E-state index contributed by atoms with van der Waals surface area (Å²) in [6.45, 7) is 3.99. The second-order valence-corrected chi connectivity index (χ2v) is 1.54. The van der Waals surface area contributed by atoms with Crippen molar-refractivity contribution in [1.29, 1.82) is 0 Å². The largest absolute Gasteiger partial charge is 0.376 e. The standard InChI is InChI=1S/C6H11NO2/c1-3-6(9-2)4-7-5-8/h3,5-6H,1,4H2,2H3,(H,7,8). The van der Waals surface area contributed by atoms with Crippen LogP contribution in [0.4, 0.5) is 0 Å². The van der Waals surface area contributed by atoms with Crippen LogP contribution in [0.5, 0.6) is 0 Å². The molecular formula is C6H11NO2. The smallest absolute Gasteiger partial charge is 0.207 e. The second kappa shape index (κ2) is 5.31. The number of carbonyl (C=O) groups excluding carboxylic acids is 1. The monoisotopic (exact) mass is 129 g/mol. The third-order valence-corrected chi connectivity index (χ3v) is 0.968. The van der Waals surface area contributed by atoms with Crippen LogP contribution in [0.3, 0.4) is 0 Å². The van der Waals surface area contributed by atoms with Crippen LogP contribution >= 0.6 is 0 Å². The fraction of sp³-hybridized carbons (Fsp3) is 0.500. The summed E-state index contributed by atoms with van der Waals surface area (Å²) in [7, 11) is 1.57. The van der Waals surface area contributed by atoms with Crippen LogP contribution in [-0.4, -0.2) is 26.2 Å². The van der Waals surface area contributed by atoms with Crippen LogP contribution in [0.25, 0.3) is 0 Å². The number of amides is 1. The Kier molecular flexibility index (Phi) is 4.82. The number of methoxy groups -OCH3 is 1. The van der Waals surface area contributed by atoms with Gasteiger partial charge >= 0.3 is 0 Å². The SMILES string of the molecule is C=CC(CNC=O)OC. The minimum Gasteiger partial charge on any atom is -0.376 e. The highest BCUT2D eigenvalue weighted by Crippen LogP contribution is 1.85. The van der Waals surface area contributed by atoms with E-state index in [1.54, 1.807) is 13.2 Å². The third kappa shape index (κ3) is 3.73. The highest BCUT2D eigenvalue weighted by molar-refractivity contribution is 5.45. The molecule has 0 aromatic heterocycles. The summed E-state index contributed by atoms with van der Waals surface area (Å²) in [5.41, 5.74) is 0. The first kappa shape index (κ1) is 8.17. The summed E-state index contributed by atoms with van der Waals surface area (Å²) >= 11 is 0. The Labute approximate surface area is 54.7 Å². The van der Waals surface area contributed by atoms with E-state index in [4.69, 9.17) is 4.74 Å². The first-order valence-corrected chi connectivity index (χ1v) is 2.67. The van der Waals surface area contributed by atoms with Crippen LogP contribution in [0, 0.1) is 0 Å². The average Bonchev–Trinajstić information content (AvgIpc) is 1.91. The Bertz CT molecular complexity index is 93.1. The van der Waals surface area contributed by atoms with Crippen LogP contribution in [0.1, 0.15) is 0 Å². The van der Waals surface area contributed by atoms with E-state index in [0.717, 1.165) is 0 Å². The van der Waals surface area contributed by atoms with E-state index in [1.165, 1.54) is 0 Å². The van der Waals surface area contributed by atoms with Gasteiger partial charge in [-0.1, -0.05) is 6.08 Å². The van der Waals surface area contributed by atoms with E-state index in [2.05, 4.69) is 11.9 Å². The minimum atomic E-state index is -0.0739. The lowest BCUT2D eigenvalue weighted by Gasteiger charge is -2.07. The molecule has 9 heavy (non-hydrogen) atoms. The summed E-state index contributed by atoms with van der Waals surface area (Å²) in [4.78, 5) is 9.74. The number of hydrogen-bond donors (Lipinski definition) is 1. The van der Waals surface area contributed by atoms with Crippen molar-refractivity contribution in [3.8, 4) is 0 Å². The average molecular weight is 129 g/mol. The second-order valence-electron chi connectivity index (χ2n) is 1.54. The number of ether oxygens (including phenoxy) is 1. The van der Waals surface area contributed by atoms with E-state index in [-0.39, 0.29) is 6.10 Å². The van der Waals surface area contributed by atoms with E-state index >= 15 is 0 Å². The molecule has 0 rings (SSSR count). The van der Waals surface area contributed by atoms with Crippen LogP contribution in [-0.2, 0) is 9.53 Å². The summed E-state index contributed by atoms with van der Waals surface area (Å²) < 4.78 is 4.86. The van der Waals surface area contributed by atoms with Gasteiger partial charge in [-0.15, -0.1) is 6.58 Å². The zero-order chi connectivity index (χ0) is 7.11. The molecule has 0 aliphatic heterocycles. The Balaban J connectivity index is 3.30. The molecule has 1 unspecified atom stereocenters. The van der Waals surface area contributed by atoms with Gasteiger partial charge in [0.05, 0.1) is 6.10 Å². The molecule has 3 heteroatoms. The van der Waals surface area contributed by atoms with Gasteiger partial charge in [0.1, 0.15) is 0 Å². The molecule has 52 valence electrons. The minimum absolute atomic E-state index is 0.0739. The zero-order valence-electron chi connectivity index (χ0n) is 5.46. The Morgan fingerprint density at radius 3 is 2.89 bits per heavy atom. The topological polar surface area (TPSA) is 38.3 Å². The van der Waals surface area contributed by atoms with Crippen molar-refractivity contribution in [3.63, 3.8) is 0 Å². The fourth-order valence-electron chi connectivity index (χ4n) is 0.427. The van der Waals surface area contributed by atoms with E-state index < -0.39 is 0 Å². The molecule has 0 aliphatic carbocycles. The number of hydrogen-bond acceptors (Lipinski definition) is 2. The highest BCUT2D eigenvalue weighted by atomic mass is 16.5. The first-order chi connectivity index (χ1) is 4.35. The highest BCUT2D eigenvalue weighted by Gasteiger charge is 1.97. The van der Waals surface area contributed by atoms with Crippen LogP contribution in [0.15, 0.2) is 12.7 Å². The van der Waals surface area contributed by atoms with Gasteiger partial charge in [0.2, 0.25) is 6.41 Å².